The number of carbonyl (C=O) groups excluding carboxylic acids is 2. The minimum atomic E-state index is -4.76. The predicted molar refractivity (Wildman–Crippen MR) is 118 cm³/mol. The third-order valence-electron chi connectivity index (χ3n) is 5.27. The van der Waals surface area contributed by atoms with Crippen LogP contribution in [0.5, 0.6) is 0 Å². The monoisotopic (exact) mass is 506 g/mol. The number of carbonyl (C=O) groups is 2. The highest BCUT2D eigenvalue weighted by atomic mass is 19.4. The lowest BCUT2D eigenvalue weighted by Crippen LogP contribution is -2.25. The van der Waals surface area contributed by atoms with Gasteiger partial charge in [0.15, 0.2) is 0 Å². The molecule has 3 aromatic carbocycles. The summed E-state index contributed by atoms with van der Waals surface area (Å²) in [6, 6.07) is 11.5. The molecule has 0 atom stereocenters. The molecule has 0 aliphatic rings. The zero-order chi connectivity index (χ0) is 26.1. The number of amides is 2. The van der Waals surface area contributed by atoms with Crippen molar-refractivity contribution in [2.24, 2.45) is 0 Å². The van der Waals surface area contributed by atoms with E-state index in [0.29, 0.717) is 0 Å². The Balaban J connectivity index is 1.61. The van der Waals surface area contributed by atoms with Crippen molar-refractivity contribution in [1.82, 2.24) is 15.3 Å². The van der Waals surface area contributed by atoms with E-state index in [1.165, 1.54) is 42.7 Å². The summed E-state index contributed by atoms with van der Waals surface area (Å²) < 4.78 is 79.6. The van der Waals surface area contributed by atoms with Gasteiger partial charge >= 0.3 is 12.4 Å². The third-order valence-corrected chi connectivity index (χ3v) is 5.27. The number of fused-ring (bicyclic) bond motifs is 1. The molecule has 0 fully saturated rings. The molecule has 0 radical (unpaired) electrons. The Morgan fingerprint density at radius 3 is 2.14 bits per heavy atom. The first kappa shape index (κ1) is 24.8. The average Bonchev–Trinajstić information content (AvgIpc) is 3.29. The van der Waals surface area contributed by atoms with Gasteiger partial charge in [0, 0.05) is 12.2 Å². The molecule has 6 nitrogen and oxygen atoms in total. The van der Waals surface area contributed by atoms with Crippen LogP contribution in [0, 0.1) is 0 Å². The molecule has 36 heavy (non-hydrogen) atoms. The number of hydrogen-bond acceptors (Lipinski definition) is 3. The molecule has 12 heteroatoms. The van der Waals surface area contributed by atoms with Gasteiger partial charge < -0.3 is 15.6 Å². The minimum absolute atomic E-state index is 0.0189. The highest BCUT2D eigenvalue weighted by Gasteiger charge is 2.35. The summed E-state index contributed by atoms with van der Waals surface area (Å²) in [6.45, 7) is -0.448. The summed E-state index contributed by atoms with van der Waals surface area (Å²) in [4.78, 5) is 32.3. The van der Waals surface area contributed by atoms with Gasteiger partial charge in [0.2, 0.25) is 0 Å². The van der Waals surface area contributed by atoms with E-state index in [0.717, 1.165) is 24.3 Å². The van der Waals surface area contributed by atoms with Gasteiger partial charge in [0.05, 0.1) is 34.1 Å². The van der Waals surface area contributed by atoms with Gasteiger partial charge in [-0.05, 0) is 35.9 Å². The maximum absolute atomic E-state index is 13.3. The van der Waals surface area contributed by atoms with E-state index in [9.17, 15) is 35.9 Å². The van der Waals surface area contributed by atoms with E-state index in [-0.39, 0.29) is 27.8 Å². The number of alkyl halides is 6. The molecule has 0 spiro atoms. The molecule has 0 saturated heterocycles. The van der Waals surface area contributed by atoms with E-state index in [2.05, 4.69) is 20.6 Å². The van der Waals surface area contributed by atoms with E-state index in [1.807, 2.05) is 0 Å². The van der Waals surface area contributed by atoms with Crippen molar-refractivity contribution in [3.8, 4) is 0 Å². The second-order valence-corrected chi connectivity index (χ2v) is 7.66. The summed E-state index contributed by atoms with van der Waals surface area (Å²) in [5.74, 6) is -1.86. The zero-order valence-corrected chi connectivity index (χ0v) is 18.1. The van der Waals surface area contributed by atoms with Crippen molar-refractivity contribution in [3.05, 3.63) is 94.8 Å². The first-order valence-corrected chi connectivity index (χ1v) is 10.3. The number of aromatic amines is 1. The number of nitrogens with zero attached hydrogens (tertiary/aromatic N) is 1. The maximum atomic E-state index is 13.3. The topological polar surface area (TPSA) is 86.9 Å². The Morgan fingerprint density at radius 1 is 0.806 bits per heavy atom. The van der Waals surface area contributed by atoms with Crippen LogP contribution in [-0.2, 0) is 18.9 Å². The number of nitrogens with one attached hydrogen (secondary N) is 3. The Hall–Kier alpha value is -4.35. The maximum Gasteiger partial charge on any atom is 0.417 e. The predicted octanol–water partition coefficient (Wildman–Crippen LogP) is 5.78. The van der Waals surface area contributed by atoms with Crippen molar-refractivity contribution in [3.63, 3.8) is 0 Å². The second kappa shape index (κ2) is 9.36. The number of H-pyrrole nitrogens is 1. The Labute approximate surface area is 199 Å². The van der Waals surface area contributed by atoms with Crippen LogP contribution in [0.15, 0.2) is 67.0 Å². The average molecular weight is 506 g/mol. The van der Waals surface area contributed by atoms with Crippen LogP contribution in [0.25, 0.3) is 11.0 Å². The van der Waals surface area contributed by atoms with E-state index in [4.69, 9.17) is 0 Å². The van der Waals surface area contributed by atoms with Crippen molar-refractivity contribution < 1.29 is 35.9 Å². The molecule has 1 heterocycles. The molecule has 2 amide bonds. The molecular formula is C24H16F6N4O2. The van der Waals surface area contributed by atoms with Gasteiger partial charge in [0.1, 0.15) is 5.52 Å². The minimum Gasteiger partial charge on any atom is -0.348 e. The largest absolute Gasteiger partial charge is 0.417 e. The van der Waals surface area contributed by atoms with Gasteiger partial charge in [-0.3, -0.25) is 9.59 Å². The van der Waals surface area contributed by atoms with Gasteiger partial charge in [0.25, 0.3) is 11.8 Å². The van der Waals surface area contributed by atoms with Crippen LogP contribution in [-0.4, -0.2) is 21.8 Å². The molecule has 4 aromatic rings. The second-order valence-electron chi connectivity index (χ2n) is 7.66. The first-order chi connectivity index (χ1) is 16.9. The van der Waals surface area contributed by atoms with Crippen molar-refractivity contribution >= 4 is 28.5 Å². The molecule has 0 aliphatic heterocycles. The third kappa shape index (κ3) is 5.16. The molecule has 0 saturated carbocycles. The van der Waals surface area contributed by atoms with Crippen LogP contribution >= 0.6 is 0 Å². The number of hydrogen-bond donors (Lipinski definition) is 3. The summed E-state index contributed by atoms with van der Waals surface area (Å²) in [5.41, 5.74) is -2.50. The summed E-state index contributed by atoms with van der Waals surface area (Å²) >= 11 is 0. The lowest BCUT2D eigenvalue weighted by Gasteiger charge is -2.14. The van der Waals surface area contributed by atoms with Crippen LogP contribution < -0.4 is 10.6 Å². The molecule has 0 aliphatic carbocycles. The molecule has 3 N–H and O–H groups in total. The van der Waals surface area contributed by atoms with E-state index < -0.39 is 47.4 Å². The van der Waals surface area contributed by atoms with Gasteiger partial charge in [-0.25, -0.2) is 4.98 Å². The number of halogens is 6. The lowest BCUT2D eigenvalue weighted by molar-refractivity contribution is -0.138. The van der Waals surface area contributed by atoms with Crippen LogP contribution in [0.1, 0.15) is 37.4 Å². The SMILES string of the molecule is O=C(Nc1cc(C(=O)NCc2ccccc2C(F)(F)F)c2nc[nH]c2c1)c1ccccc1C(F)(F)F. The van der Waals surface area contributed by atoms with Crippen LogP contribution in [0.4, 0.5) is 32.0 Å². The van der Waals surface area contributed by atoms with Gasteiger partial charge in [-0.2, -0.15) is 26.3 Å². The van der Waals surface area contributed by atoms with E-state index >= 15 is 0 Å². The van der Waals surface area contributed by atoms with E-state index in [1.54, 1.807) is 0 Å². The standard InChI is InChI=1S/C24H16F6N4O2/c25-23(26,27)17-7-3-1-5-13(17)11-31-21(35)16-9-14(10-19-20(16)33-12-32-19)34-22(36)15-6-2-4-8-18(15)24(28,29)30/h1-10,12H,11H2,(H,31,35)(H,32,33)(H,34,36). The number of rotatable bonds is 5. The Bertz CT molecular complexity index is 1440. The summed E-state index contributed by atoms with van der Waals surface area (Å²) in [5, 5.41) is 4.73. The summed E-state index contributed by atoms with van der Waals surface area (Å²) in [7, 11) is 0. The molecule has 0 unspecified atom stereocenters. The van der Waals surface area contributed by atoms with Crippen molar-refractivity contribution in [1.29, 1.82) is 0 Å². The molecule has 1 aromatic heterocycles. The molecule has 0 bridgehead atoms. The number of aromatic nitrogens is 2. The van der Waals surface area contributed by atoms with Gasteiger partial charge in [-0.15, -0.1) is 0 Å². The Morgan fingerprint density at radius 2 is 1.44 bits per heavy atom. The molecule has 4 rings (SSSR count). The van der Waals surface area contributed by atoms with Crippen molar-refractivity contribution in [2.75, 3.05) is 5.32 Å². The van der Waals surface area contributed by atoms with Gasteiger partial charge in [-0.1, -0.05) is 30.3 Å². The highest BCUT2D eigenvalue weighted by Crippen LogP contribution is 2.33. The highest BCUT2D eigenvalue weighted by molar-refractivity contribution is 6.10. The molecular weight excluding hydrogens is 490 g/mol. The van der Waals surface area contributed by atoms with Crippen LogP contribution in [0.3, 0.4) is 0 Å². The van der Waals surface area contributed by atoms with Crippen LogP contribution in [0.2, 0.25) is 0 Å². The number of anilines is 1. The number of benzene rings is 3. The van der Waals surface area contributed by atoms with Crippen molar-refractivity contribution in [2.45, 2.75) is 18.9 Å². The normalized spacial score (nSPS) is 11.9. The number of imidazole rings is 1. The zero-order valence-electron chi connectivity index (χ0n) is 18.1. The summed E-state index contributed by atoms with van der Waals surface area (Å²) in [6.07, 6.45) is -8.13. The Kier molecular flexibility index (Phi) is 6.44. The lowest BCUT2D eigenvalue weighted by atomic mass is 10.1. The fraction of sp³-hybridized carbons (Fsp3) is 0.125. The molecule has 186 valence electrons. The quantitative estimate of drug-likeness (QED) is 0.300. The fourth-order valence-corrected chi connectivity index (χ4v) is 3.64. The fourth-order valence-electron chi connectivity index (χ4n) is 3.64. The smallest absolute Gasteiger partial charge is 0.348 e. The first-order valence-electron chi connectivity index (χ1n) is 10.3.